The van der Waals surface area contributed by atoms with Crippen molar-refractivity contribution >= 4 is 11.6 Å². The predicted molar refractivity (Wildman–Crippen MR) is 112 cm³/mol. The highest BCUT2D eigenvalue weighted by atomic mass is 19.1. The third-order valence-electron chi connectivity index (χ3n) is 4.07. The quantitative estimate of drug-likeness (QED) is 0.223. The Morgan fingerprint density at radius 2 is 1.63 bits per heavy atom. The van der Waals surface area contributed by atoms with Crippen LogP contribution in [0.1, 0.15) is 71.1 Å². The van der Waals surface area contributed by atoms with Crippen LogP contribution in [0.4, 0.5) is 10.1 Å². The molecule has 0 aliphatic heterocycles. The molecule has 27 heavy (non-hydrogen) atoms. The second-order valence-corrected chi connectivity index (χ2v) is 6.52. The van der Waals surface area contributed by atoms with Gasteiger partial charge in [-0.2, -0.15) is 4.39 Å². The van der Waals surface area contributed by atoms with Gasteiger partial charge in [0.2, 0.25) is 11.9 Å². The van der Waals surface area contributed by atoms with Crippen LogP contribution in [0.5, 0.6) is 0 Å². The first-order chi connectivity index (χ1) is 13.2. The maximum absolute atomic E-state index is 12.7. The molecule has 0 aliphatic rings. The lowest BCUT2D eigenvalue weighted by atomic mass is 10.1. The van der Waals surface area contributed by atoms with E-state index in [0.29, 0.717) is 12.1 Å². The zero-order valence-electron chi connectivity index (χ0n) is 16.5. The number of pyridine rings is 1. The summed E-state index contributed by atoms with van der Waals surface area (Å²) in [6, 6.07) is 2.76. The van der Waals surface area contributed by atoms with E-state index in [1.165, 1.54) is 31.2 Å². The molecule has 0 radical (unpaired) electrons. The molecule has 1 heterocycles. The van der Waals surface area contributed by atoms with Gasteiger partial charge in [0.1, 0.15) is 0 Å². The lowest BCUT2D eigenvalue weighted by Crippen LogP contribution is -2.11. The summed E-state index contributed by atoms with van der Waals surface area (Å²) in [6.07, 6.45) is 24.9. The van der Waals surface area contributed by atoms with E-state index in [2.05, 4.69) is 53.7 Å². The first-order valence-electron chi connectivity index (χ1n) is 10.1. The van der Waals surface area contributed by atoms with Crippen LogP contribution in [0.3, 0.4) is 0 Å². The number of aromatic nitrogens is 1. The molecule has 4 heteroatoms. The highest BCUT2D eigenvalue weighted by Crippen LogP contribution is 2.10. The van der Waals surface area contributed by atoms with Crippen LogP contribution >= 0.6 is 0 Å². The van der Waals surface area contributed by atoms with Gasteiger partial charge in [0.15, 0.2) is 0 Å². The van der Waals surface area contributed by atoms with E-state index >= 15 is 0 Å². The molecule has 1 rings (SSSR count). The van der Waals surface area contributed by atoms with Gasteiger partial charge in [-0.05, 0) is 50.7 Å². The van der Waals surface area contributed by atoms with E-state index in [1.54, 1.807) is 0 Å². The minimum Gasteiger partial charge on any atom is -0.325 e. The van der Waals surface area contributed by atoms with Gasteiger partial charge in [0, 0.05) is 6.42 Å². The number of nitrogens with one attached hydrogen (secondary N) is 1. The Morgan fingerprint density at radius 3 is 2.33 bits per heavy atom. The topological polar surface area (TPSA) is 42.0 Å². The fourth-order valence-corrected chi connectivity index (χ4v) is 2.58. The van der Waals surface area contributed by atoms with Crippen molar-refractivity contribution in [3.63, 3.8) is 0 Å². The average Bonchev–Trinajstić information content (AvgIpc) is 2.66. The molecule has 3 nitrogen and oxygen atoms in total. The molecule has 1 amide bonds. The number of amides is 1. The van der Waals surface area contributed by atoms with Crippen molar-refractivity contribution in [2.75, 3.05) is 5.32 Å². The molecular formula is C23H33FN2O. The van der Waals surface area contributed by atoms with Gasteiger partial charge in [-0.1, -0.05) is 62.6 Å². The normalized spacial score (nSPS) is 11.8. The van der Waals surface area contributed by atoms with Crippen LogP contribution < -0.4 is 5.32 Å². The number of allylic oxidation sites excluding steroid dienone is 6. The minimum absolute atomic E-state index is 0.0374. The van der Waals surface area contributed by atoms with E-state index in [9.17, 15) is 9.18 Å². The standard InChI is InChI=1S/C23H33FN2O/c1-2-3-4-5-6-7-8-9-10-11-12-13-14-15-16-17-23(27)26-21-18-19-22(24)25-20-21/h3-4,6-7,9-10,18-20H,2,5,8,11-17H2,1H3,(H,26,27)/b4-3-,7-6-,10-9-. The highest BCUT2D eigenvalue weighted by molar-refractivity contribution is 5.90. The Kier molecular flexibility index (Phi) is 13.5. The first-order valence-corrected chi connectivity index (χ1v) is 10.1. The summed E-state index contributed by atoms with van der Waals surface area (Å²) < 4.78 is 12.7. The van der Waals surface area contributed by atoms with Gasteiger partial charge < -0.3 is 5.32 Å². The summed E-state index contributed by atoms with van der Waals surface area (Å²) >= 11 is 0. The van der Waals surface area contributed by atoms with Crippen LogP contribution in [0.15, 0.2) is 54.8 Å². The minimum atomic E-state index is -0.542. The number of hydrogen-bond donors (Lipinski definition) is 1. The molecule has 0 atom stereocenters. The van der Waals surface area contributed by atoms with Gasteiger partial charge in [-0.15, -0.1) is 0 Å². The molecule has 0 bridgehead atoms. The number of carbonyl (C=O) groups is 1. The zero-order valence-corrected chi connectivity index (χ0v) is 16.5. The van der Waals surface area contributed by atoms with Crippen molar-refractivity contribution in [2.24, 2.45) is 0 Å². The number of anilines is 1. The van der Waals surface area contributed by atoms with Crippen LogP contribution in [0.2, 0.25) is 0 Å². The zero-order chi connectivity index (χ0) is 19.6. The van der Waals surface area contributed by atoms with E-state index in [1.807, 2.05) is 0 Å². The largest absolute Gasteiger partial charge is 0.325 e. The Balaban J connectivity index is 1.92. The molecule has 1 N–H and O–H groups in total. The fourth-order valence-electron chi connectivity index (χ4n) is 2.58. The summed E-state index contributed by atoms with van der Waals surface area (Å²) in [5.74, 6) is -0.580. The van der Waals surface area contributed by atoms with Gasteiger partial charge in [-0.25, -0.2) is 4.98 Å². The van der Waals surface area contributed by atoms with Crippen molar-refractivity contribution in [1.29, 1.82) is 0 Å². The molecule has 148 valence electrons. The van der Waals surface area contributed by atoms with E-state index in [4.69, 9.17) is 0 Å². The number of hydrogen-bond acceptors (Lipinski definition) is 2. The van der Waals surface area contributed by atoms with Crippen LogP contribution in [0.25, 0.3) is 0 Å². The molecule has 0 saturated heterocycles. The van der Waals surface area contributed by atoms with E-state index in [-0.39, 0.29) is 5.91 Å². The smallest absolute Gasteiger partial charge is 0.224 e. The second kappa shape index (κ2) is 16.0. The van der Waals surface area contributed by atoms with Gasteiger partial charge in [0.25, 0.3) is 0 Å². The Hall–Kier alpha value is -2.23. The summed E-state index contributed by atoms with van der Waals surface area (Å²) in [4.78, 5) is 15.3. The number of halogens is 1. The highest BCUT2D eigenvalue weighted by Gasteiger charge is 2.02. The van der Waals surface area contributed by atoms with E-state index < -0.39 is 5.95 Å². The molecular weight excluding hydrogens is 339 g/mol. The first kappa shape index (κ1) is 22.8. The Morgan fingerprint density at radius 1 is 0.963 bits per heavy atom. The number of unbranched alkanes of at least 4 members (excludes halogenated alkanes) is 5. The van der Waals surface area contributed by atoms with Crippen molar-refractivity contribution < 1.29 is 9.18 Å². The third kappa shape index (κ3) is 13.6. The molecule has 0 aliphatic carbocycles. The van der Waals surface area contributed by atoms with Crippen LogP contribution in [-0.4, -0.2) is 10.9 Å². The summed E-state index contributed by atoms with van der Waals surface area (Å²) in [5, 5.41) is 2.73. The van der Waals surface area contributed by atoms with Crippen molar-refractivity contribution in [3.05, 3.63) is 60.7 Å². The van der Waals surface area contributed by atoms with Crippen LogP contribution in [0, 0.1) is 5.95 Å². The van der Waals surface area contributed by atoms with Gasteiger partial charge in [0.05, 0.1) is 11.9 Å². The van der Waals surface area contributed by atoms with Crippen molar-refractivity contribution in [1.82, 2.24) is 4.98 Å². The third-order valence-corrected chi connectivity index (χ3v) is 4.07. The van der Waals surface area contributed by atoms with Crippen molar-refractivity contribution in [2.45, 2.75) is 71.1 Å². The molecule has 1 aromatic rings. The monoisotopic (exact) mass is 372 g/mol. The average molecular weight is 373 g/mol. The molecule has 0 fully saturated rings. The Bertz CT molecular complexity index is 591. The summed E-state index contributed by atoms with van der Waals surface area (Å²) in [6.45, 7) is 2.15. The fraction of sp³-hybridized carbons (Fsp3) is 0.478. The maximum Gasteiger partial charge on any atom is 0.224 e. The maximum atomic E-state index is 12.7. The lowest BCUT2D eigenvalue weighted by Gasteiger charge is -2.04. The summed E-state index contributed by atoms with van der Waals surface area (Å²) in [5.41, 5.74) is 0.542. The van der Waals surface area contributed by atoms with Crippen molar-refractivity contribution in [3.8, 4) is 0 Å². The molecule has 1 aromatic heterocycles. The van der Waals surface area contributed by atoms with Gasteiger partial charge >= 0.3 is 0 Å². The van der Waals surface area contributed by atoms with Gasteiger partial charge in [-0.3, -0.25) is 4.79 Å². The molecule has 0 saturated carbocycles. The number of carbonyl (C=O) groups excluding carboxylic acids is 1. The molecule has 0 aromatic carbocycles. The second-order valence-electron chi connectivity index (χ2n) is 6.52. The summed E-state index contributed by atoms with van der Waals surface area (Å²) in [7, 11) is 0. The van der Waals surface area contributed by atoms with E-state index in [0.717, 1.165) is 44.9 Å². The number of rotatable bonds is 14. The van der Waals surface area contributed by atoms with Crippen LogP contribution in [-0.2, 0) is 4.79 Å². The predicted octanol–water partition coefficient (Wildman–Crippen LogP) is 6.75. The molecule has 0 unspecified atom stereocenters. The SMILES string of the molecule is CC/C=C\C/C=C\C/C=C\CCCCCCCC(=O)Nc1ccc(F)nc1. The lowest BCUT2D eigenvalue weighted by molar-refractivity contribution is -0.116. The Labute approximate surface area is 163 Å². The number of nitrogens with zero attached hydrogens (tertiary/aromatic N) is 1. The molecule has 0 spiro atoms.